The number of carbonyl (C=O) groups is 2. The van der Waals surface area contributed by atoms with E-state index in [0.717, 1.165) is 11.6 Å². The summed E-state index contributed by atoms with van der Waals surface area (Å²) < 4.78 is 64.3. The number of carbonyl (C=O) groups excluding carboxylic acids is 2. The summed E-state index contributed by atoms with van der Waals surface area (Å²) in [5, 5.41) is 9.71. The zero-order valence-corrected chi connectivity index (χ0v) is 27.4. The number of hydrogen-bond acceptors (Lipinski definition) is 5. The Bertz CT molecular complexity index is 2210. The maximum atomic E-state index is 14.3. The SMILES string of the molecule is CC(C)COC(=O)c1[nH]c2ccc(F)cc2c1-c1cn(CC2CCN(C(=O)c3ccc(-c4cccc5[nH]ccc45)c(C(F)(F)F)c3)CC2)nn1. The van der Waals surface area contributed by atoms with E-state index in [2.05, 4.69) is 20.3 Å². The molecular formula is C37H34F4N6O3. The second-order valence-corrected chi connectivity index (χ2v) is 13.1. The van der Waals surface area contributed by atoms with Gasteiger partial charge in [0.25, 0.3) is 5.91 Å². The molecule has 1 saturated heterocycles. The van der Waals surface area contributed by atoms with Crippen molar-refractivity contribution in [3.8, 4) is 22.4 Å². The molecule has 50 heavy (non-hydrogen) atoms. The molecule has 0 saturated carbocycles. The van der Waals surface area contributed by atoms with Gasteiger partial charge in [-0.15, -0.1) is 5.10 Å². The largest absolute Gasteiger partial charge is 0.461 e. The summed E-state index contributed by atoms with van der Waals surface area (Å²) in [5.74, 6) is -1.26. The normalized spacial score (nSPS) is 14.3. The molecule has 0 unspecified atom stereocenters. The molecule has 2 N–H and O–H groups in total. The number of likely N-dealkylation sites (tertiary alicyclic amines) is 1. The predicted molar refractivity (Wildman–Crippen MR) is 180 cm³/mol. The van der Waals surface area contributed by atoms with Gasteiger partial charge in [0.1, 0.15) is 17.2 Å². The lowest BCUT2D eigenvalue weighted by atomic mass is 9.93. The molecule has 0 radical (unpaired) electrons. The van der Waals surface area contributed by atoms with Crippen LogP contribution in [0.4, 0.5) is 17.6 Å². The van der Waals surface area contributed by atoms with Gasteiger partial charge in [-0.25, -0.2) is 9.18 Å². The van der Waals surface area contributed by atoms with E-state index in [9.17, 15) is 27.2 Å². The zero-order chi connectivity index (χ0) is 35.2. The van der Waals surface area contributed by atoms with Crippen LogP contribution in [0.15, 0.2) is 73.1 Å². The first-order chi connectivity index (χ1) is 24.0. The Labute approximate surface area is 284 Å². The Balaban J connectivity index is 1.05. The number of nitrogens with zero attached hydrogens (tertiary/aromatic N) is 4. The summed E-state index contributed by atoms with van der Waals surface area (Å²) in [6.45, 7) is 5.27. The molecule has 9 nitrogen and oxygen atoms in total. The summed E-state index contributed by atoms with van der Waals surface area (Å²) >= 11 is 0. The molecule has 0 aliphatic carbocycles. The standard InChI is InChI=1S/C37H34F4N6O3/c1-21(2)20-50-36(49)34-33(28-17-24(38)7-9-31(28)43-34)32-19-47(45-44-32)18-22-11-14-46(15-12-22)35(48)23-6-8-26(29(16-23)37(39,40)41)25-4-3-5-30-27(25)10-13-42-30/h3-10,13,16-17,19,21-22,42-43H,11-12,14-15,18,20H2,1-2H3. The molecule has 1 fully saturated rings. The maximum absolute atomic E-state index is 14.3. The van der Waals surface area contributed by atoms with Crippen molar-refractivity contribution in [3.05, 3.63) is 95.7 Å². The molecule has 0 bridgehead atoms. The van der Waals surface area contributed by atoms with Crippen LogP contribution in [0.2, 0.25) is 0 Å². The summed E-state index contributed by atoms with van der Waals surface area (Å²) in [5.41, 5.74) is 1.79. The predicted octanol–water partition coefficient (Wildman–Crippen LogP) is 8.10. The number of H-pyrrole nitrogens is 2. The number of benzene rings is 3. The molecule has 3 aromatic carbocycles. The van der Waals surface area contributed by atoms with Gasteiger partial charge >= 0.3 is 12.1 Å². The number of fused-ring (bicyclic) bond motifs is 2. The van der Waals surface area contributed by atoms with Crippen LogP contribution in [0.5, 0.6) is 0 Å². The average molecular weight is 687 g/mol. The van der Waals surface area contributed by atoms with Crippen molar-refractivity contribution in [1.82, 2.24) is 29.9 Å². The molecule has 4 heterocycles. The van der Waals surface area contributed by atoms with E-state index in [1.165, 1.54) is 24.3 Å². The van der Waals surface area contributed by atoms with Crippen molar-refractivity contribution in [1.29, 1.82) is 0 Å². The van der Waals surface area contributed by atoms with Crippen LogP contribution in [-0.2, 0) is 17.5 Å². The zero-order valence-electron chi connectivity index (χ0n) is 27.4. The average Bonchev–Trinajstić information content (AvgIpc) is 3.85. The molecule has 258 valence electrons. The lowest BCUT2D eigenvalue weighted by molar-refractivity contribution is -0.137. The quantitative estimate of drug-likeness (QED) is 0.124. The maximum Gasteiger partial charge on any atom is 0.417 e. The number of piperidine rings is 1. The highest BCUT2D eigenvalue weighted by Crippen LogP contribution is 2.40. The lowest BCUT2D eigenvalue weighted by Gasteiger charge is -2.32. The summed E-state index contributed by atoms with van der Waals surface area (Å²) in [6, 6.07) is 14.9. The molecule has 1 aliphatic rings. The summed E-state index contributed by atoms with van der Waals surface area (Å²) in [6.07, 6.45) is -0.0837. The second-order valence-electron chi connectivity index (χ2n) is 13.1. The van der Waals surface area contributed by atoms with Crippen LogP contribution in [-0.4, -0.2) is 61.4 Å². The fourth-order valence-electron chi connectivity index (χ4n) is 6.63. The van der Waals surface area contributed by atoms with Gasteiger partial charge in [0.2, 0.25) is 0 Å². The molecular weight excluding hydrogens is 652 g/mol. The third-order valence-electron chi connectivity index (χ3n) is 9.11. The number of hydrogen-bond donors (Lipinski definition) is 2. The Morgan fingerprint density at radius 2 is 1.78 bits per heavy atom. The number of ether oxygens (including phenoxy) is 1. The lowest BCUT2D eigenvalue weighted by Crippen LogP contribution is -2.39. The molecule has 13 heteroatoms. The highest BCUT2D eigenvalue weighted by Gasteiger charge is 2.36. The van der Waals surface area contributed by atoms with Crippen LogP contribution in [0.25, 0.3) is 44.2 Å². The monoisotopic (exact) mass is 686 g/mol. The van der Waals surface area contributed by atoms with Crippen LogP contribution in [0.1, 0.15) is 53.1 Å². The minimum Gasteiger partial charge on any atom is -0.461 e. The summed E-state index contributed by atoms with van der Waals surface area (Å²) in [4.78, 5) is 34.1. The number of nitrogens with one attached hydrogen (secondary N) is 2. The van der Waals surface area contributed by atoms with Crippen molar-refractivity contribution in [2.45, 2.75) is 39.4 Å². The molecule has 6 aromatic rings. The van der Waals surface area contributed by atoms with Crippen molar-refractivity contribution >= 4 is 33.7 Å². The molecule has 0 spiro atoms. The van der Waals surface area contributed by atoms with E-state index < -0.39 is 29.4 Å². The Morgan fingerprint density at radius 1 is 0.980 bits per heavy atom. The van der Waals surface area contributed by atoms with Crippen LogP contribution in [0, 0.1) is 17.7 Å². The molecule has 0 atom stereocenters. The van der Waals surface area contributed by atoms with E-state index in [1.807, 2.05) is 13.8 Å². The van der Waals surface area contributed by atoms with E-state index in [1.54, 1.807) is 52.3 Å². The van der Waals surface area contributed by atoms with Gasteiger partial charge in [-0.2, -0.15) is 13.2 Å². The van der Waals surface area contributed by atoms with Crippen molar-refractivity contribution in [2.24, 2.45) is 11.8 Å². The first-order valence-corrected chi connectivity index (χ1v) is 16.4. The number of rotatable bonds is 8. The highest BCUT2D eigenvalue weighted by atomic mass is 19.4. The highest BCUT2D eigenvalue weighted by molar-refractivity contribution is 6.07. The van der Waals surface area contributed by atoms with Crippen molar-refractivity contribution in [2.75, 3.05) is 19.7 Å². The van der Waals surface area contributed by atoms with Gasteiger partial charge in [0.05, 0.1) is 18.4 Å². The van der Waals surface area contributed by atoms with Gasteiger partial charge < -0.3 is 19.6 Å². The minimum atomic E-state index is -4.66. The van der Waals surface area contributed by atoms with Gasteiger partial charge in [-0.3, -0.25) is 9.48 Å². The van der Waals surface area contributed by atoms with Gasteiger partial charge in [-0.05, 0) is 78.3 Å². The first-order valence-electron chi connectivity index (χ1n) is 16.4. The van der Waals surface area contributed by atoms with Crippen LogP contribution >= 0.6 is 0 Å². The van der Waals surface area contributed by atoms with E-state index in [4.69, 9.17) is 4.74 Å². The smallest absolute Gasteiger partial charge is 0.417 e. The Morgan fingerprint density at radius 3 is 2.54 bits per heavy atom. The van der Waals surface area contributed by atoms with Gasteiger partial charge in [0.15, 0.2) is 0 Å². The second kappa shape index (κ2) is 13.1. The number of amides is 1. The fraction of sp³-hybridized carbons (Fsp3) is 0.297. The number of aromatic nitrogens is 5. The minimum absolute atomic E-state index is 0.0143. The Kier molecular flexibility index (Phi) is 8.66. The van der Waals surface area contributed by atoms with Gasteiger partial charge in [-0.1, -0.05) is 37.3 Å². The number of esters is 1. The fourth-order valence-corrected chi connectivity index (χ4v) is 6.63. The number of aromatic amines is 2. The van der Waals surface area contributed by atoms with Crippen LogP contribution in [0.3, 0.4) is 0 Å². The third kappa shape index (κ3) is 6.47. The summed E-state index contributed by atoms with van der Waals surface area (Å²) in [7, 11) is 0. The number of halogens is 4. The molecule has 1 amide bonds. The molecule has 7 rings (SSSR count). The molecule has 3 aromatic heterocycles. The molecule has 1 aliphatic heterocycles. The van der Waals surface area contributed by atoms with E-state index >= 15 is 0 Å². The first kappa shape index (κ1) is 33.1. The van der Waals surface area contributed by atoms with Crippen LogP contribution < -0.4 is 0 Å². The Hall–Kier alpha value is -5.46. The van der Waals surface area contributed by atoms with Crippen molar-refractivity contribution < 1.29 is 31.9 Å². The van der Waals surface area contributed by atoms with Crippen molar-refractivity contribution in [3.63, 3.8) is 0 Å². The number of alkyl halides is 3. The van der Waals surface area contributed by atoms with Gasteiger partial charge in [0, 0.05) is 58.8 Å². The van der Waals surface area contributed by atoms with E-state index in [-0.39, 0.29) is 35.3 Å². The third-order valence-corrected chi connectivity index (χ3v) is 9.11. The van der Waals surface area contributed by atoms with E-state index in [0.29, 0.717) is 65.6 Å². The topological polar surface area (TPSA) is 109 Å².